The van der Waals surface area contributed by atoms with Crippen LogP contribution in [0.2, 0.25) is 0 Å². The van der Waals surface area contributed by atoms with E-state index in [0.717, 1.165) is 5.56 Å². The number of H-pyrrole nitrogens is 1. The molecule has 0 aliphatic carbocycles. The molecule has 0 aliphatic heterocycles. The van der Waals surface area contributed by atoms with E-state index in [2.05, 4.69) is 9.72 Å². The number of aromatic nitrogens is 1. The molecule has 4 nitrogen and oxygen atoms in total. The van der Waals surface area contributed by atoms with Crippen LogP contribution in [0.4, 0.5) is 0 Å². The topological polar surface area (TPSA) is 59.2 Å². The van der Waals surface area contributed by atoms with Crippen molar-refractivity contribution < 1.29 is 9.53 Å². The number of carbonyl (C=O) groups excluding carboxylic acids is 1. The smallest absolute Gasteiger partial charge is 0.343 e. The fourth-order valence-corrected chi connectivity index (χ4v) is 1.59. The zero-order valence-corrected chi connectivity index (χ0v) is 9.03. The first kappa shape index (κ1) is 10.4. The van der Waals surface area contributed by atoms with Gasteiger partial charge < -0.3 is 9.72 Å². The molecule has 82 valence electrons. The number of pyridine rings is 1. The fourth-order valence-electron chi connectivity index (χ4n) is 1.59. The van der Waals surface area contributed by atoms with E-state index in [1.54, 1.807) is 6.07 Å². The van der Waals surface area contributed by atoms with Gasteiger partial charge in [0.05, 0.1) is 7.11 Å². The SMILES string of the molecule is COC(=O)c1c[nH]c2ccc(C)cc2c1=O. The molecule has 0 amide bonds. The van der Waals surface area contributed by atoms with Crippen LogP contribution in [0.5, 0.6) is 0 Å². The minimum Gasteiger partial charge on any atom is -0.465 e. The lowest BCUT2D eigenvalue weighted by atomic mass is 10.1. The highest BCUT2D eigenvalue weighted by molar-refractivity contribution is 5.93. The highest BCUT2D eigenvalue weighted by atomic mass is 16.5. The highest BCUT2D eigenvalue weighted by Gasteiger charge is 2.12. The van der Waals surface area contributed by atoms with Crippen LogP contribution in [0, 0.1) is 6.92 Å². The summed E-state index contributed by atoms with van der Waals surface area (Å²) in [7, 11) is 1.25. The molecule has 16 heavy (non-hydrogen) atoms. The Hall–Kier alpha value is -2.10. The number of aryl methyl sites for hydroxylation is 1. The molecule has 0 fully saturated rings. The summed E-state index contributed by atoms with van der Waals surface area (Å²) < 4.78 is 4.54. The number of hydrogen-bond donors (Lipinski definition) is 1. The molecule has 1 heterocycles. The van der Waals surface area contributed by atoms with Gasteiger partial charge >= 0.3 is 5.97 Å². The van der Waals surface area contributed by atoms with Crippen molar-refractivity contribution in [1.82, 2.24) is 4.98 Å². The van der Waals surface area contributed by atoms with Crippen LogP contribution in [0.1, 0.15) is 15.9 Å². The van der Waals surface area contributed by atoms with Gasteiger partial charge in [-0.05, 0) is 19.1 Å². The lowest BCUT2D eigenvalue weighted by Crippen LogP contribution is -2.16. The summed E-state index contributed by atoms with van der Waals surface area (Å²) in [6.07, 6.45) is 1.38. The van der Waals surface area contributed by atoms with Gasteiger partial charge in [0, 0.05) is 17.1 Å². The van der Waals surface area contributed by atoms with Crippen LogP contribution in [0.15, 0.2) is 29.2 Å². The number of rotatable bonds is 1. The van der Waals surface area contributed by atoms with Crippen LogP contribution in [-0.2, 0) is 4.74 Å². The van der Waals surface area contributed by atoms with Gasteiger partial charge in [-0.1, -0.05) is 11.6 Å². The average Bonchev–Trinajstić information content (AvgIpc) is 2.29. The zero-order valence-electron chi connectivity index (χ0n) is 9.03. The third-order valence-corrected chi connectivity index (χ3v) is 2.44. The van der Waals surface area contributed by atoms with Crippen molar-refractivity contribution in [3.8, 4) is 0 Å². The molecule has 0 bridgehead atoms. The Morgan fingerprint density at radius 3 is 2.81 bits per heavy atom. The van der Waals surface area contributed by atoms with E-state index in [1.165, 1.54) is 13.3 Å². The summed E-state index contributed by atoms with van der Waals surface area (Å²) >= 11 is 0. The second kappa shape index (κ2) is 3.81. The van der Waals surface area contributed by atoms with E-state index in [0.29, 0.717) is 10.9 Å². The first-order valence-electron chi connectivity index (χ1n) is 4.84. The lowest BCUT2D eigenvalue weighted by Gasteiger charge is -2.02. The maximum atomic E-state index is 12.0. The van der Waals surface area contributed by atoms with Gasteiger partial charge in [0.2, 0.25) is 5.43 Å². The van der Waals surface area contributed by atoms with Crippen molar-refractivity contribution in [3.05, 3.63) is 45.7 Å². The van der Waals surface area contributed by atoms with Crippen molar-refractivity contribution in [1.29, 1.82) is 0 Å². The summed E-state index contributed by atoms with van der Waals surface area (Å²) in [6, 6.07) is 5.46. The molecule has 2 rings (SSSR count). The van der Waals surface area contributed by atoms with E-state index >= 15 is 0 Å². The number of nitrogens with one attached hydrogen (secondary N) is 1. The van der Waals surface area contributed by atoms with Gasteiger partial charge in [0.1, 0.15) is 5.56 Å². The molecule has 2 aromatic rings. The summed E-state index contributed by atoms with van der Waals surface area (Å²) in [5.74, 6) is -0.621. The van der Waals surface area contributed by atoms with Gasteiger partial charge in [-0.25, -0.2) is 4.79 Å². The molecule has 0 radical (unpaired) electrons. The predicted octanol–water partition coefficient (Wildman–Crippen LogP) is 1.62. The van der Waals surface area contributed by atoms with Crippen molar-refractivity contribution in [2.75, 3.05) is 7.11 Å². The zero-order chi connectivity index (χ0) is 11.7. The Kier molecular flexibility index (Phi) is 2.48. The summed E-state index contributed by atoms with van der Waals surface area (Å²) in [6.45, 7) is 1.89. The van der Waals surface area contributed by atoms with Crippen molar-refractivity contribution in [2.45, 2.75) is 6.92 Å². The molecule has 1 N–H and O–H groups in total. The second-order valence-electron chi connectivity index (χ2n) is 3.57. The van der Waals surface area contributed by atoms with Gasteiger partial charge in [-0.3, -0.25) is 4.79 Å². The lowest BCUT2D eigenvalue weighted by molar-refractivity contribution is 0.0599. The molecule has 1 aromatic carbocycles. The van der Waals surface area contributed by atoms with Crippen LogP contribution >= 0.6 is 0 Å². The van der Waals surface area contributed by atoms with E-state index < -0.39 is 5.97 Å². The molecule has 4 heteroatoms. The molecular weight excluding hydrogens is 206 g/mol. The van der Waals surface area contributed by atoms with Gasteiger partial charge in [0.15, 0.2) is 0 Å². The molecule has 0 atom stereocenters. The Bertz CT molecular complexity index is 613. The Labute approximate surface area is 91.9 Å². The highest BCUT2D eigenvalue weighted by Crippen LogP contribution is 2.10. The van der Waals surface area contributed by atoms with Gasteiger partial charge in [-0.15, -0.1) is 0 Å². The average molecular weight is 217 g/mol. The number of aromatic amines is 1. The van der Waals surface area contributed by atoms with E-state index in [4.69, 9.17) is 0 Å². The van der Waals surface area contributed by atoms with E-state index in [1.807, 2.05) is 19.1 Å². The summed E-state index contributed by atoms with van der Waals surface area (Å²) in [4.78, 5) is 26.2. The fraction of sp³-hybridized carbons (Fsp3) is 0.167. The first-order chi connectivity index (χ1) is 7.63. The largest absolute Gasteiger partial charge is 0.465 e. The Balaban J connectivity index is 2.78. The van der Waals surface area contributed by atoms with Crippen LogP contribution in [0.25, 0.3) is 10.9 Å². The molecule has 0 saturated heterocycles. The maximum Gasteiger partial charge on any atom is 0.343 e. The first-order valence-corrected chi connectivity index (χ1v) is 4.84. The third-order valence-electron chi connectivity index (χ3n) is 2.44. The molecule has 0 unspecified atom stereocenters. The van der Waals surface area contributed by atoms with Crippen molar-refractivity contribution >= 4 is 16.9 Å². The number of carbonyl (C=O) groups is 1. The normalized spacial score (nSPS) is 10.4. The van der Waals surface area contributed by atoms with E-state index in [-0.39, 0.29) is 11.0 Å². The molecular formula is C12H11NO3. The number of esters is 1. The predicted molar refractivity (Wildman–Crippen MR) is 60.6 cm³/mol. The monoisotopic (exact) mass is 217 g/mol. The van der Waals surface area contributed by atoms with Crippen molar-refractivity contribution in [2.24, 2.45) is 0 Å². The van der Waals surface area contributed by atoms with Crippen LogP contribution in [-0.4, -0.2) is 18.1 Å². The number of methoxy groups -OCH3 is 1. The minimum atomic E-state index is -0.621. The molecule has 0 spiro atoms. The van der Waals surface area contributed by atoms with E-state index in [9.17, 15) is 9.59 Å². The van der Waals surface area contributed by atoms with Gasteiger partial charge in [0.25, 0.3) is 0 Å². The number of fused-ring (bicyclic) bond motifs is 1. The maximum absolute atomic E-state index is 12.0. The Morgan fingerprint density at radius 1 is 1.38 bits per heavy atom. The number of benzene rings is 1. The summed E-state index contributed by atoms with van der Waals surface area (Å²) in [5, 5.41) is 0.503. The second-order valence-corrected chi connectivity index (χ2v) is 3.57. The summed E-state index contributed by atoms with van der Waals surface area (Å²) in [5.41, 5.74) is 1.41. The molecule has 1 aromatic heterocycles. The quantitative estimate of drug-likeness (QED) is 0.738. The van der Waals surface area contributed by atoms with Crippen LogP contribution in [0.3, 0.4) is 0 Å². The minimum absolute atomic E-state index is 0.0283. The van der Waals surface area contributed by atoms with Gasteiger partial charge in [-0.2, -0.15) is 0 Å². The number of hydrogen-bond acceptors (Lipinski definition) is 3. The molecule has 0 aliphatic rings. The number of ether oxygens (including phenoxy) is 1. The third kappa shape index (κ3) is 1.58. The van der Waals surface area contributed by atoms with Crippen molar-refractivity contribution in [3.63, 3.8) is 0 Å². The van der Waals surface area contributed by atoms with Crippen LogP contribution < -0.4 is 5.43 Å². The molecule has 0 saturated carbocycles. The standard InChI is InChI=1S/C12H11NO3/c1-7-3-4-10-8(5-7)11(14)9(6-13-10)12(15)16-2/h3-6H,1-2H3,(H,13,14). The Morgan fingerprint density at radius 2 is 2.12 bits per heavy atom.